The van der Waals surface area contributed by atoms with Gasteiger partial charge in [-0.1, -0.05) is 0 Å². The Morgan fingerprint density at radius 1 is 1.21 bits per heavy atom. The molecule has 1 saturated heterocycles. The average molecular weight is 418 g/mol. The summed E-state index contributed by atoms with van der Waals surface area (Å²) in [6, 6.07) is 4.55. The predicted octanol–water partition coefficient (Wildman–Crippen LogP) is 0.752. The number of sulfonamides is 1. The highest BCUT2D eigenvalue weighted by Gasteiger charge is 2.36. The Kier molecular flexibility index (Phi) is 4.55. The number of nitrogens with zero attached hydrogens (tertiary/aromatic N) is 6. The molecule has 3 aromatic rings. The first-order valence-electron chi connectivity index (χ1n) is 8.77. The highest BCUT2D eigenvalue weighted by atomic mass is 32.2. The lowest BCUT2D eigenvalue weighted by molar-refractivity contribution is -0.384. The fourth-order valence-electron chi connectivity index (χ4n) is 3.53. The molecule has 12 nitrogen and oxygen atoms in total. The van der Waals surface area contributed by atoms with Crippen molar-refractivity contribution in [2.24, 2.45) is 0 Å². The van der Waals surface area contributed by atoms with E-state index in [2.05, 4.69) is 15.0 Å². The molecule has 2 aromatic heterocycles. The van der Waals surface area contributed by atoms with E-state index in [1.807, 2.05) is 0 Å². The number of imidazole rings is 1. The van der Waals surface area contributed by atoms with Crippen LogP contribution in [0, 0.1) is 10.1 Å². The maximum Gasteiger partial charge on any atom is 0.269 e. The first kappa shape index (κ1) is 19.0. The smallest absolute Gasteiger partial charge is 0.269 e. The zero-order valence-electron chi connectivity index (χ0n) is 15.2. The van der Waals surface area contributed by atoms with Crippen LogP contribution in [0.5, 0.6) is 0 Å². The van der Waals surface area contributed by atoms with Crippen LogP contribution in [0.2, 0.25) is 0 Å². The topological polar surface area (TPSA) is 176 Å². The third-order valence-corrected chi connectivity index (χ3v) is 6.86. The van der Waals surface area contributed by atoms with E-state index >= 15 is 0 Å². The van der Waals surface area contributed by atoms with Crippen molar-refractivity contribution in [1.82, 2.24) is 23.8 Å². The van der Waals surface area contributed by atoms with Crippen molar-refractivity contribution in [2.75, 3.05) is 18.0 Å². The fraction of sp³-hybridized carbons (Fsp3) is 0.312. The largest absolute Gasteiger partial charge is 0.382 e. The lowest BCUT2D eigenvalue weighted by atomic mass is 10.2. The van der Waals surface area contributed by atoms with Crippen molar-refractivity contribution < 1.29 is 13.3 Å². The van der Waals surface area contributed by atoms with E-state index in [9.17, 15) is 18.5 Å². The molecule has 0 aliphatic carbocycles. The molecule has 29 heavy (non-hydrogen) atoms. The summed E-state index contributed by atoms with van der Waals surface area (Å²) in [4.78, 5) is 22.5. The summed E-state index contributed by atoms with van der Waals surface area (Å²) < 4.78 is 29.3. The Labute approximate surface area is 165 Å². The number of fused-ring (bicyclic) bond motifs is 1. The minimum absolute atomic E-state index is 0.0125. The van der Waals surface area contributed by atoms with E-state index in [1.54, 1.807) is 4.57 Å². The number of nitrogens with two attached hydrogens (primary N) is 2. The maximum atomic E-state index is 13.1. The number of anilines is 2. The molecule has 0 amide bonds. The summed E-state index contributed by atoms with van der Waals surface area (Å²) >= 11 is 0. The molecule has 0 spiro atoms. The lowest BCUT2D eigenvalue weighted by Crippen LogP contribution is -2.38. The van der Waals surface area contributed by atoms with Gasteiger partial charge in [0.15, 0.2) is 11.5 Å². The Hall–Kier alpha value is -3.32. The van der Waals surface area contributed by atoms with Crippen LogP contribution < -0.4 is 11.5 Å². The summed E-state index contributed by atoms with van der Waals surface area (Å²) in [7, 11) is -3.81. The molecule has 1 fully saturated rings. The van der Waals surface area contributed by atoms with Gasteiger partial charge >= 0.3 is 0 Å². The van der Waals surface area contributed by atoms with Gasteiger partial charge in [-0.25, -0.2) is 13.4 Å². The van der Waals surface area contributed by atoms with E-state index in [1.165, 1.54) is 34.9 Å². The number of non-ortho nitro benzene ring substituents is 1. The van der Waals surface area contributed by atoms with Crippen molar-refractivity contribution in [1.29, 1.82) is 0 Å². The fourth-order valence-corrected chi connectivity index (χ4v) is 5.21. The van der Waals surface area contributed by atoms with E-state index in [0.717, 1.165) is 0 Å². The van der Waals surface area contributed by atoms with Crippen LogP contribution in [0.3, 0.4) is 0 Å². The van der Waals surface area contributed by atoms with Crippen molar-refractivity contribution >= 4 is 38.6 Å². The Morgan fingerprint density at radius 3 is 2.62 bits per heavy atom. The van der Waals surface area contributed by atoms with Crippen LogP contribution in [-0.4, -0.2) is 49.8 Å². The van der Waals surface area contributed by atoms with E-state index in [-0.39, 0.29) is 28.4 Å². The summed E-state index contributed by atoms with van der Waals surface area (Å²) in [5.74, 6) is 0.173. The van der Waals surface area contributed by atoms with Crippen molar-refractivity contribution in [3.05, 3.63) is 40.7 Å². The second-order valence-corrected chi connectivity index (χ2v) is 8.59. The van der Waals surface area contributed by atoms with Crippen molar-refractivity contribution in [3.63, 3.8) is 0 Å². The molecule has 0 radical (unpaired) electrons. The molecule has 4 N–H and O–H groups in total. The standard InChI is InChI=1S/C16H18N8O4S/c17-14-13-15(21-16(18)20-14)22(9-19-13)8-11-2-1-7-23(11)29(27,28)12-5-3-10(4-6-12)24(25)26/h3-6,9,11H,1-2,7-8H2,(H4,17,18,20,21)/t11-/m0/s1. The zero-order valence-corrected chi connectivity index (χ0v) is 16.0. The van der Waals surface area contributed by atoms with Crippen molar-refractivity contribution in [3.8, 4) is 0 Å². The molecule has 0 saturated carbocycles. The van der Waals surface area contributed by atoms with Gasteiger partial charge < -0.3 is 16.0 Å². The number of aromatic nitrogens is 4. The molecule has 4 rings (SSSR count). The minimum atomic E-state index is -3.81. The van der Waals surface area contributed by atoms with Gasteiger partial charge in [0.25, 0.3) is 5.69 Å². The minimum Gasteiger partial charge on any atom is -0.382 e. The first-order chi connectivity index (χ1) is 13.8. The third kappa shape index (κ3) is 3.34. The Morgan fingerprint density at radius 2 is 1.93 bits per heavy atom. The maximum absolute atomic E-state index is 13.1. The lowest BCUT2D eigenvalue weighted by Gasteiger charge is -2.24. The van der Waals surface area contributed by atoms with Gasteiger partial charge in [0.1, 0.15) is 5.52 Å². The van der Waals surface area contributed by atoms with Gasteiger partial charge in [-0.05, 0) is 25.0 Å². The molecular formula is C16H18N8O4S. The van der Waals surface area contributed by atoms with Crippen LogP contribution in [0.15, 0.2) is 35.5 Å². The number of hydrogen-bond acceptors (Lipinski definition) is 9. The number of hydrogen-bond donors (Lipinski definition) is 2. The summed E-state index contributed by atoms with van der Waals surface area (Å²) in [5.41, 5.74) is 12.2. The molecule has 13 heteroatoms. The molecule has 1 atom stereocenters. The molecule has 0 bridgehead atoms. The molecule has 3 heterocycles. The van der Waals surface area contributed by atoms with Crippen LogP contribution in [0.4, 0.5) is 17.5 Å². The van der Waals surface area contributed by atoms with Crippen LogP contribution in [-0.2, 0) is 16.6 Å². The molecule has 1 aliphatic heterocycles. The number of rotatable bonds is 5. The predicted molar refractivity (Wildman–Crippen MR) is 104 cm³/mol. The number of nitrogen functional groups attached to an aromatic ring is 2. The van der Waals surface area contributed by atoms with E-state index in [0.29, 0.717) is 37.1 Å². The number of nitro groups is 1. The van der Waals surface area contributed by atoms with Gasteiger partial charge in [-0.2, -0.15) is 14.3 Å². The zero-order chi connectivity index (χ0) is 20.8. The number of benzene rings is 1. The van der Waals surface area contributed by atoms with E-state index in [4.69, 9.17) is 11.5 Å². The molecule has 152 valence electrons. The summed E-state index contributed by atoms with van der Waals surface area (Å²) in [5, 5.41) is 10.8. The molecule has 1 aliphatic rings. The summed E-state index contributed by atoms with van der Waals surface area (Å²) in [6.45, 7) is 0.675. The second-order valence-electron chi connectivity index (χ2n) is 6.70. The molecule has 0 unspecified atom stereocenters. The number of nitro benzene ring substituents is 1. The molecular weight excluding hydrogens is 400 g/mol. The quantitative estimate of drug-likeness (QED) is 0.447. The van der Waals surface area contributed by atoms with Crippen molar-refractivity contribution in [2.45, 2.75) is 30.3 Å². The first-order valence-corrected chi connectivity index (χ1v) is 10.2. The van der Waals surface area contributed by atoms with Crippen LogP contribution >= 0.6 is 0 Å². The Bertz CT molecular complexity index is 1190. The van der Waals surface area contributed by atoms with Crippen LogP contribution in [0.25, 0.3) is 11.2 Å². The van der Waals surface area contributed by atoms with Gasteiger partial charge in [0.05, 0.1) is 16.1 Å². The van der Waals surface area contributed by atoms with E-state index < -0.39 is 14.9 Å². The normalized spacial score (nSPS) is 17.7. The SMILES string of the molecule is Nc1nc(N)c2ncn(C[C@@H]3CCCN3S(=O)(=O)c3ccc([N+](=O)[O-])cc3)c2n1. The van der Waals surface area contributed by atoms with Gasteiger partial charge in [-0.15, -0.1) is 0 Å². The molecule has 1 aromatic carbocycles. The van der Waals surface area contributed by atoms with Gasteiger partial charge in [0, 0.05) is 31.3 Å². The Balaban J connectivity index is 1.63. The highest BCUT2D eigenvalue weighted by Crippen LogP contribution is 2.29. The van der Waals surface area contributed by atoms with Gasteiger partial charge in [0.2, 0.25) is 16.0 Å². The van der Waals surface area contributed by atoms with Gasteiger partial charge in [-0.3, -0.25) is 10.1 Å². The monoisotopic (exact) mass is 418 g/mol. The third-order valence-electron chi connectivity index (χ3n) is 4.89. The van der Waals surface area contributed by atoms with Crippen LogP contribution in [0.1, 0.15) is 12.8 Å². The highest BCUT2D eigenvalue weighted by molar-refractivity contribution is 7.89. The summed E-state index contributed by atoms with van der Waals surface area (Å²) in [6.07, 6.45) is 2.88. The average Bonchev–Trinajstić information content (AvgIpc) is 3.30. The second kappa shape index (κ2) is 6.93.